The smallest absolute Gasteiger partial charge is 0.253 e. The van der Waals surface area contributed by atoms with Crippen LogP contribution in [0.2, 0.25) is 5.02 Å². The first-order valence-electron chi connectivity index (χ1n) is 8.78. The highest BCUT2D eigenvalue weighted by Gasteiger charge is 2.22. The van der Waals surface area contributed by atoms with E-state index in [-0.39, 0.29) is 5.91 Å². The normalized spacial score (nSPS) is 15.1. The summed E-state index contributed by atoms with van der Waals surface area (Å²) >= 11 is 5.94. The summed E-state index contributed by atoms with van der Waals surface area (Å²) in [4.78, 5) is 17.0. The Hall–Kier alpha value is -2.77. The van der Waals surface area contributed by atoms with Gasteiger partial charge in [0.1, 0.15) is 6.33 Å². The number of piperazine rings is 1. The van der Waals surface area contributed by atoms with Gasteiger partial charge in [0.25, 0.3) is 5.91 Å². The fourth-order valence-corrected chi connectivity index (χ4v) is 3.30. The number of benzene rings is 2. The lowest BCUT2D eigenvalue weighted by molar-refractivity contribution is 0.0628. The number of amides is 1. The molecule has 0 bridgehead atoms. The summed E-state index contributed by atoms with van der Waals surface area (Å²) in [6, 6.07) is 15.3. The number of carbonyl (C=O) groups is 1. The van der Waals surface area contributed by atoms with Gasteiger partial charge in [0.2, 0.25) is 0 Å². The third-order valence-corrected chi connectivity index (χ3v) is 4.96. The molecule has 1 fully saturated rings. The van der Waals surface area contributed by atoms with Crippen LogP contribution in [0, 0.1) is 0 Å². The average Bonchev–Trinajstić information content (AvgIpc) is 3.25. The van der Waals surface area contributed by atoms with Gasteiger partial charge in [-0.25, -0.2) is 4.68 Å². The summed E-state index contributed by atoms with van der Waals surface area (Å²) in [5.41, 5.74) is 2.74. The molecule has 138 valence electrons. The number of rotatable bonds is 4. The summed E-state index contributed by atoms with van der Waals surface area (Å²) in [5.74, 6) is 0.0596. The first-order valence-corrected chi connectivity index (χ1v) is 9.16. The van der Waals surface area contributed by atoms with Crippen LogP contribution in [0.1, 0.15) is 15.9 Å². The Morgan fingerprint density at radius 3 is 2.30 bits per heavy atom. The van der Waals surface area contributed by atoms with Crippen LogP contribution in [0.5, 0.6) is 0 Å². The molecule has 1 amide bonds. The zero-order chi connectivity index (χ0) is 18.6. The van der Waals surface area contributed by atoms with E-state index in [2.05, 4.69) is 20.4 Å². The van der Waals surface area contributed by atoms with Gasteiger partial charge in [-0.2, -0.15) is 0 Å². The summed E-state index contributed by atoms with van der Waals surface area (Å²) in [6.07, 6.45) is 1.52. The largest absolute Gasteiger partial charge is 0.336 e. The fraction of sp³-hybridized carbons (Fsp3) is 0.263. The highest BCUT2D eigenvalue weighted by atomic mass is 35.5. The Balaban J connectivity index is 1.33. The molecule has 1 aliphatic rings. The second-order valence-electron chi connectivity index (χ2n) is 6.50. The predicted octanol–water partition coefficient (Wildman–Crippen LogP) is 2.27. The van der Waals surface area contributed by atoms with Crippen LogP contribution in [0.25, 0.3) is 5.69 Å². The molecule has 1 aromatic heterocycles. The molecule has 2 heterocycles. The highest BCUT2D eigenvalue weighted by Crippen LogP contribution is 2.15. The molecule has 0 spiro atoms. The third kappa shape index (κ3) is 4.15. The zero-order valence-corrected chi connectivity index (χ0v) is 15.5. The quantitative estimate of drug-likeness (QED) is 0.692. The van der Waals surface area contributed by atoms with E-state index in [0.29, 0.717) is 5.56 Å². The van der Waals surface area contributed by atoms with Gasteiger partial charge >= 0.3 is 0 Å². The van der Waals surface area contributed by atoms with Crippen LogP contribution in [-0.2, 0) is 6.54 Å². The Kier molecular flexibility index (Phi) is 5.13. The van der Waals surface area contributed by atoms with Crippen molar-refractivity contribution in [2.45, 2.75) is 6.54 Å². The van der Waals surface area contributed by atoms with Crippen molar-refractivity contribution in [2.24, 2.45) is 0 Å². The molecule has 1 aliphatic heterocycles. The number of hydrogen-bond donors (Lipinski definition) is 0. The van der Waals surface area contributed by atoms with Gasteiger partial charge in [-0.1, -0.05) is 23.7 Å². The summed E-state index contributed by atoms with van der Waals surface area (Å²) in [7, 11) is 0. The van der Waals surface area contributed by atoms with E-state index in [4.69, 9.17) is 11.6 Å². The lowest BCUT2D eigenvalue weighted by Crippen LogP contribution is -2.48. The van der Waals surface area contributed by atoms with Gasteiger partial charge < -0.3 is 4.90 Å². The van der Waals surface area contributed by atoms with E-state index in [9.17, 15) is 4.79 Å². The molecule has 0 unspecified atom stereocenters. The van der Waals surface area contributed by atoms with E-state index in [1.54, 1.807) is 4.68 Å². The maximum Gasteiger partial charge on any atom is 0.253 e. The third-order valence-electron chi connectivity index (χ3n) is 4.71. The molecule has 1 saturated heterocycles. The second kappa shape index (κ2) is 7.85. The van der Waals surface area contributed by atoms with Crippen LogP contribution in [0.4, 0.5) is 0 Å². The van der Waals surface area contributed by atoms with Crippen molar-refractivity contribution in [1.82, 2.24) is 30.0 Å². The topological polar surface area (TPSA) is 67.2 Å². The van der Waals surface area contributed by atoms with E-state index < -0.39 is 0 Å². The van der Waals surface area contributed by atoms with Crippen LogP contribution < -0.4 is 0 Å². The van der Waals surface area contributed by atoms with Crippen molar-refractivity contribution in [3.05, 3.63) is 71.0 Å². The van der Waals surface area contributed by atoms with Gasteiger partial charge in [-0.15, -0.1) is 5.10 Å². The molecule has 7 nitrogen and oxygen atoms in total. The zero-order valence-electron chi connectivity index (χ0n) is 14.7. The summed E-state index contributed by atoms with van der Waals surface area (Å²) < 4.78 is 1.56. The van der Waals surface area contributed by atoms with E-state index in [1.165, 1.54) is 11.9 Å². The number of tetrazole rings is 1. The van der Waals surface area contributed by atoms with Gasteiger partial charge in [-0.05, 0) is 52.4 Å². The molecule has 0 radical (unpaired) electrons. The lowest BCUT2D eigenvalue weighted by atomic mass is 10.1. The van der Waals surface area contributed by atoms with Crippen molar-refractivity contribution < 1.29 is 4.79 Å². The molecular weight excluding hydrogens is 364 g/mol. The van der Waals surface area contributed by atoms with Gasteiger partial charge in [0.05, 0.1) is 5.69 Å². The molecule has 0 saturated carbocycles. The van der Waals surface area contributed by atoms with Crippen molar-refractivity contribution in [3.8, 4) is 5.69 Å². The van der Waals surface area contributed by atoms with E-state index in [0.717, 1.165) is 43.4 Å². The van der Waals surface area contributed by atoms with E-state index >= 15 is 0 Å². The van der Waals surface area contributed by atoms with Crippen molar-refractivity contribution >= 4 is 17.5 Å². The van der Waals surface area contributed by atoms with Crippen molar-refractivity contribution in [1.29, 1.82) is 0 Å². The van der Waals surface area contributed by atoms with Crippen LogP contribution in [0.3, 0.4) is 0 Å². The molecule has 2 aromatic carbocycles. The first kappa shape index (κ1) is 17.6. The number of nitrogens with zero attached hydrogens (tertiary/aromatic N) is 6. The standard InChI is InChI=1S/C19H19ClN6O/c20-17-5-1-15(2-6-17)13-24-9-11-25(12-10-24)19(27)16-3-7-18(8-4-16)26-14-21-22-23-26/h1-8,14H,9-13H2. The summed E-state index contributed by atoms with van der Waals surface area (Å²) in [6.45, 7) is 4.04. The van der Waals surface area contributed by atoms with Crippen LogP contribution in [0.15, 0.2) is 54.9 Å². The Labute approximate surface area is 162 Å². The molecule has 0 N–H and O–H groups in total. The van der Waals surface area contributed by atoms with Crippen molar-refractivity contribution in [3.63, 3.8) is 0 Å². The van der Waals surface area contributed by atoms with Gasteiger partial charge in [0.15, 0.2) is 0 Å². The maximum atomic E-state index is 12.7. The first-order chi connectivity index (χ1) is 13.2. The predicted molar refractivity (Wildman–Crippen MR) is 102 cm³/mol. The van der Waals surface area contributed by atoms with Crippen LogP contribution >= 0.6 is 11.6 Å². The Bertz CT molecular complexity index is 887. The minimum Gasteiger partial charge on any atom is -0.336 e. The monoisotopic (exact) mass is 382 g/mol. The molecule has 27 heavy (non-hydrogen) atoms. The minimum absolute atomic E-state index is 0.0596. The molecule has 4 rings (SSSR count). The second-order valence-corrected chi connectivity index (χ2v) is 6.93. The number of aromatic nitrogens is 4. The molecule has 3 aromatic rings. The van der Waals surface area contributed by atoms with Gasteiger partial charge in [0, 0.05) is 43.3 Å². The Morgan fingerprint density at radius 2 is 1.67 bits per heavy atom. The fourth-order valence-electron chi connectivity index (χ4n) is 3.18. The van der Waals surface area contributed by atoms with Crippen molar-refractivity contribution in [2.75, 3.05) is 26.2 Å². The lowest BCUT2D eigenvalue weighted by Gasteiger charge is -2.34. The molecule has 0 atom stereocenters. The summed E-state index contributed by atoms with van der Waals surface area (Å²) in [5, 5.41) is 11.8. The van der Waals surface area contributed by atoms with Crippen LogP contribution in [-0.4, -0.2) is 62.1 Å². The Morgan fingerprint density at radius 1 is 0.963 bits per heavy atom. The number of carbonyl (C=O) groups excluding carboxylic acids is 1. The SMILES string of the molecule is O=C(c1ccc(-n2cnnn2)cc1)N1CCN(Cc2ccc(Cl)cc2)CC1. The average molecular weight is 383 g/mol. The molecule has 0 aliphatic carbocycles. The minimum atomic E-state index is 0.0596. The number of hydrogen-bond acceptors (Lipinski definition) is 5. The van der Waals surface area contributed by atoms with Gasteiger partial charge in [-0.3, -0.25) is 9.69 Å². The molecule has 8 heteroatoms. The van der Waals surface area contributed by atoms with E-state index in [1.807, 2.05) is 53.4 Å². The molecular formula is C19H19ClN6O. The maximum absolute atomic E-state index is 12.7. The highest BCUT2D eigenvalue weighted by molar-refractivity contribution is 6.30. The number of halogens is 1.